The van der Waals surface area contributed by atoms with Gasteiger partial charge in [-0.15, -0.1) is 0 Å². The predicted octanol–water partition coefficient (Wildman–Crippen LogP) is 0.444. The molecule has 0 amide bonds. The Balaban J connectivity index is 2.77. The molecule has 0 radical (unpaired) electrons. The van der Waals surface area contributed by atoms with Crippen molar-refractivity contribution >= 4 is 11.0 Å². The van der Waals surface area contributed by atoms with Crippen molar-refractivity contribution in [1.29, 1.82) is 0 Å². The van der Waals surface area contributed by atoms with E-state index in [9.17, 15) is 14.7 Å². The summed E-state index contributed by atoms with van der Waals surface area (Å²) in [4.78, 5) is 27.1. The van der Waals surface area contributed by atoms with Gasteiger partial charge in [0.1, 0.15) is 0 Å². The summed E-state index contributed by atoms with van der Waals surface area (Å²) < 4.78 is 0. The minimum Gasteiger partial charge on any atom is -0.386 e. The number of aromatic nitrogens is 2. The molecule has 5 nitrogen and oxygen atoms in total. The van der Waals surface area contributed by atoms with Crippen LogP contribution >= 0.6 is 0 Å². The van der Waals surface area contributed by atoms with Crippen LogP contribution in [0.25, 0.3) is 11.0 Å². The van der Waals surface area contributed by atoms with Crippen LogP contribution in [0.3, 0.4) is 0 Å². The number of aliphatic hydroxyl groups is 1. The van der Waals surface area contributed by atoms with Crippen LogP contribution < -0.4 is 11.1 Å². The zero-order valence-corrected chi connectivity index (χ0v) is 9.00. The zero-order chi connectivity index (χ0) is 11.9. The van der Waals surface area contributed by atoms with Crippen molar-refractivity contribution in [2.75, 3.05) is 0 Å². The van der Waals surface area contributed by atoms with Gasteiger partial charge in [0.15, 0.2) is 0 Å². The molecule has 0 saturated heterocycles. The highest BCUT2D eigenvalue weighted by molar-refractivity contribution is 5.74. The van der Waals surface area contributed by atoms with Gasteiger partial charge in [-0.2, -0.15) is 0 Å². The quantitative estimate of drug-likeness (QED) is 0.610. The molecule has 1 heterocycles. The van der Waals surface area contributed by atoms with Gasteiger partial charge < -0.3 is 15.1 Å². The first kappa shape index (κ1) is 10.6. The average molecular weight is 220 g/mol. The smallest absolute Gasteiger partial charge is 0.314 e. The molecule has 84 valence electrons. The number of nitrogens with one attached hydrogen (secondary N) is 2. The van der Waals surface area contributed by atoms with Crippen LogP contribution in [0, 0.1) is 0 Å². The molecule has 5 heteroatoms. The van der Waals surface area contributed by atoms with E-state index in [0.717, 1.165) is 0 Å². The van der Waals surface area contributed by atoms with Crippen LogP contribution in [0.2, 0.25) is 0 Å². The summed E-state index contributed by atoms with van der Waals surface area (Å²) in [6.45, 7) is 3.30. The highest BCUT2D eigenvalue weighted by Crippen LogP contribution is 2.21. The summed E-state index contributed by atoms with van der Waals surface area (Å²) in [7, 11) is 0. The zero-order valence-electron chi connectivity index (χ0n) is 9.00. The van der Waals surface area contributed by atoms with E-state index in [4.69, 9.17) is 0 Å². The fourth-order valence-corrected chi connectivity index (χ4v) is 1.50. The molecule has 1 aromatic heterocycles. The summed E-state index contributed by atoms with van der Waals surface area (Å²) in [6.07, 6.45) is 0. The first-order valence-corrected chi connectivity index (χ1v) is 4.87. The number of aromatic amines is 2. The lowest BCUT2D eigenvalue weighted by molar-refractivity contribution is 0.0787. The van der Waals surface area contributed by atoms with Crippen LogP contribution in [0.4, 0.5) is 0 Å². The van der Waals surface area contributed by atoms with Crippen molar-refractivity contribution in [2.45, 2.75) is 19.4 Å². The molecule has 0 atom stereocenters. The molecule has 0 fully saturated rings. The van der Waals surface area contributed by atoms with Crippen LogP contribution in [0.5, 0.6) is 0 Å². The minimum atomic E-state index is -0.985. The van der Waals surface area contributed by atoms with E-state index in [0.29, 0.717) is 16.6 Å². The molecule has 0 unspecified atom stereocenters. The maximum Gasteiger partial charge on any atom is 0.314 e. The molecule has 0 aliphatic rings. The summed E-state index contributed by atoms with van der Waals surface area (Å²) >= 11 is 0. The molecular weight excluding hydrogens is 208 g/mol. The minimum absolute atomic E-state index is 0.504. The Morgan fingerprint density at radius 1 is 1.06 bits per heavy atom. The van der Waals surface area contributed by atoms with Crippen molar-refractivity contribution in [2.24, 2.45) is 0 Å². The maximum atomic E-state index is 11.1. The second-order valence-corrected chi connectivity index (χ2v) is 4.23. The third-order valence-electron chi connectivity index (χ3n) is 2.43. The highest BCUT2D eigenvalue weighted by Gasteiger charge is 2.16. The van der Waals surface area contributed by atoms with Crippen molar-refractivity contribution in [1.82, 2.24) is 9.97 Å². The molecule has 0 saturated carbocycles. The lowest BCUT2D eigenvalue weighted by atomic mass is 9.98. The number of hydrogen-bond acceptors (Lipinski definition) is 3. The van der Waals surface area contributed by atoms with E-state index in [1.54, 1.807) is 32.0 Å². The van der Waals surface area contributed by atoms with Crippen molar-refractivity contribution in [3.8, 4) is 0 Å². The van der Waals surface area contributed by atoms with Crippen LogP contribution in [0.1, 0.15) is 19.4 Å². The van der Waals surface area contributed by atoms with E-state index in [1.807, 2.05) is 0 Å². The SMILES string of the molecule is CC(C)(O)c1ccc2[nH]c(=O)c(=O)[nH]c2c1. The molecule has 0 bridgehead atoms. The predicted molar refractivity (Wildman–Crippen MR) is 60.4 cm³/mol. The Morgan fingerprint density at radius 2 is 1.62 bits per heavy atom. The van der Waals surface area contributed by atoms with Gasteiger partial charge >= 0.3 is 11.1 Å². The van der Waals surface area contributed by atoms with E-state index >= 15 is 0 Å². The van der Waals surface area contributed by atoms with Gasteiger partial charge in [-0.3, -0.25) is 9.59 Å². The van der Waals surface area contributed by atoms with Gasteiger partial charge in [0.05, 0.1) is 16.6 Å². The van der Waals surface area contributed by atoms with Gasteiger partial charge in [-0.25, -0.2) is 0 Å². The molecular formula is C11H12N2O3. The normalized spacial score (nSPS) is 11.9. The lowest BCUT2D eigenvalue weighted by Gasteiger charge is -2.17. The second-order valence-electron chi connectivity index (χ2n) is 4.23. The molecule has 2 rings (SSSR count). The Kier molecular flexibility index (Phi) is 2.20. The number of hydrogen-bond donors (Lipinski definition) is 3. The lowest BCUT2D eigenvalue weighted by Crippen LogP contribution is -2.29. The van der Waals surface area contributed by atoms with Gasteiger partial charge in [0, 0.05) is 0 Å². The maximum absolute atomic E-state index is 11.1. The van der Waals surface area contributed by atoms with Crippen LogP contribution in [-0.2, 0) is 5.60 Å². The van der Waals surface area contributed by atoms with E-state index < -0.39 is 16.7 Å². The molecule has 0 aliphatic carbocycles. The second kappa shape index (κ2) is 3.31. The number of fused-ring (bicyclic) bond motifs is 1. The standard InChI is InChI=1S/C11H12N2O3/c1-11(2,16)6-3-4-7-8(5-6)13-10(15)9(14)12-7/h3-5,16H,1-2H3,(H,12,14)(H,13,15). The fraction of sp³-hybridized carbons (Fsp3) is 0.273. The number of benzene rings is 1. The van der Waals surface area contributed by atoms with Gasteiger partial charge in [0.2, 0.25) is 0 Å². The first-order chi connectivity index (χ1) is 7.38. The van der Waals surface area contributed by atoms with E-state index in [-0.39, 0.29) is 0 Å². The third-order valence-corrected chi connectivity index (χ3v) is 2.43. The van der Waals surface area contributed by atoms with Crippen LogP contribution in [0.15, 0.2) is 27.8 Å². The Morgan fingerprint density at radius 3 is 2.19 bits per heavy atom. The summed E-state index contributed by atoms with van der Waals surface area (Å²) in [5.41, 5.74) is -0.644. The van der Waals surface area contributed by atoms with Crippen molar-refractivity contribution < 1.29 is 5.11 Å². The molecule has 0 aliphatic heterocycles. The fourth-order valence-electron chi connectivity index (χ4n) is 1.50. The largest absolute Gasteiger partial charge is 0.386 e. The first-order valence-electron chi connectivity index (χ1n) is 4.87. The molecule has 0 spiro atoms. The molecule has 1 aromatic carbocycles. The molecule has 16 heavy (non-hydrogen) atoms. The Hall–Kier alpha value is -1.88. The van der Waals surface area contributed by atoms with E-state index in [2.05, 4.69) is 9.97 Å². The summed E-state index contributed by atoms with van der Waals surface area (Å²) in [5, 5.41) is 9.81. The van der Waals surface area contributed by atoms with Gasteiger partial charge in [-0.05, 0) is 31.5 Å². The van der Waals surface area contributed by atoms with Crippen LogP contribution in [-0.4, -0.2) is 15.1 Å². The summed E-state index contributed by atoms with van der Waals surface area (Å²) in [6, 6.07) is 5.00. The van der Waals surface area contributed by atoms with E-state index in [1.165, 1.54) is 0 Å². The Bertz CT molecular complexity index is 647. The van der Waals surface area contributed by atoms with Gasteiger partial charge in [-0.1, -0.05) is 6.07 Å². The average Bonchev–Trinajstić information content (AvgIpc) is 2.17. The van der Waals surface area contributed by atoms with Crippen molar-refractivity contribution in [3.63, 3.8) is 0 Å². The monoisotopic (exact) mass is 220 g/mol. The third kappa shape index (κ3) is 1.77. The molecule has 3 N–H and O–H groups in total. The highest BCUT2D eigenvalue weighted by atomic mass is 16.3. The topological polar surface area (TPSA) is 85.9 Å². The Labute approximate surface area is 90.8 Å². The number of rotatable bonds is 1. The molecule has 2 aromatic rings. The summed E-state index contributed by atoms with van der Waals surface area (Å²) in [5.74, 6) is 0. The van der Waals surface area contributed by atoms with Crippen molar-refractivity contribution in [3.05, 3.63) is 44.5 Å². The number of H-pyrrole nitrogens is 2. The van der Waals surface area contributed by atoms with Gasteiger partial charge in [0.25, 0.3) is 0 Å².